The Bertz CT molecular complexity index is 1170. The molecular formula is C24H30ClN3O6S. The summed E-state index contributed by atoms with van der Waals surface area (Å²) in [4.78, 5) is 27.7. The fourth-order valence-electron chi connectivity index (χ4n) is 3.55. The van der Waals surface area contributed by atoms with Crippen LogP contribution in [0, 0.1) is 0 Å². The van der Waals surface area contributed by atoms with Crippen molar-refractivity contribution < 1.29 is 27.5 Å². The first-order valence-electron chi connectivity index (χ1n) is 11.4. The minimum Gasteiger partial charge on any atom is -0.454 e. The van der Waals surface area contributed by atoms with Crippen LogP contribution in [0.3, 0.4) is 0 Å². The van der Waals surface area contributed by atoms with Gasteiger partial charge in [-0.3, -0.25) is 13.9 Å². The van der Waals surface area contributed by atoms with Gasteiger partial charge in [0.05, 0.1) is 11.4 Å². The van der Waals surface area contributed by atoms with Crippen LogP contribution >= 0.6 is 11.6 Å². The van der Waals surface area contributed by atoms with Gasteiger partial charge in [-0.25, -0.2) is 8.42 Å². The van der Waals surface area contributed by atoms with Gasteiger partial charge in [0, 0.05) is 24.2 Å². The van der Waals surface area contributed by atoms with E-state index in [1.165, 1.54) is 17.9 Å². The van der Waals surface area contributed by atoms with Crippen LogP contribution in [-0.2, 0) is 26.2 Å². The van der Waals surface area contributed by atoms with E-state index in [9.17, 15) is 18.0 Å². The number of nitrogens with one attached hydrogen (secondary N) is 1. The normalized spacial score (nSPS) is 13.3. The second-order valence-electron chi connectivity index (χ2n) is 8.02. The molecule has 1 aliphatic rings. The minimum atomic E-state index is -3.84. The summed E-state index contributed by atoms with van der Waals surface area (Å²) in [6, 6.07) is 10.8. The van der Waals surface area contributed by atoms with E-state index >= 15 is 0 Å². The highest BCUT2D eigenvalue weighted by Crippen LogP contribution is 2.36. The van der Waals surface area contributed by atoms with Crippen molar-refractivity contribution in [2.45, 2.75) is 39.8 Å². The molecule has 0 spiro atoms. The summed E-state index contributed by atoms with van der Waals surface area (Å²) in [5.41, 5.74) is 0.913. The Labute approximate surface area is 211 Å². The van der Waals surface area contributed by atoms with Crippen molar-refractivity contribution in [3.8, 4) is 11.5 Å². The van der Waals surface area contributed by atoms with Crippen molar-refractivity contribution in [1.82, 2.24) is 10.2 Å². The Morgan fingerprint density at radius 1 is 1.11 bits per heavy atom. The fourth-order valence-corrected chi connectivity index (χ4v) is 4.80. The smallest absolute Gasteiger partial charge is 0.244 e. The van der Waals surface area contributed by atoms with Crippen molar-refractivity contribution in [1.29, 1.82) is 0 Å². The van der Waals surface area contributed by atoms with Crippen molar-refractivity contribution in [3.05, 3.63) is 53.1 Å². The van der Waals surface area contributed by atoms with Gasteiger partial charge in [-0.2, -0.15) is 0 Å². The Morgan fingerprint density at radius 2 is 1.83 bits per heavy atom. The summed E-state index contributed by atoms with van der Waals surface area (Å²) in [5, 5.41) is 3.24. The highest BCUT2D eigenvalue weighted by atomic mass is 35.5. The SMILES string of the molecule is CCCNC(=O)[C@@H](C)N(Cc1ccccc1Cl)C(=O)CN(c1ccc2c(c1)OCO2)S(=O)(=O)CC. The molecule has 1 N–H and O–H groups in total. The first kappa shape index (κ1) is 26.6. The van der Waals surface area contributed by atoms with Gasteiger partial charge in [-0.05, 0) is 44.0 Å². The van der Waals surface area contributed by atoms with Gasteiger partial charge in [0.2, 0.25) is 28.6 Å². The maximum absolute atomic E-state index is 13.6. The van der Waals surface area contributed by atoms with Gasteiger partial charge in [0.1, 0.15) is 12.6 Å². The van der Waals surface area contributed by atoms with Crippen LogP contribution < -0.4 is 19.1 Å². The molecule has 2 aromatic rings. The van der Waals surface area contributed by atoms with Crippen LogP contribution in [0.4, 0.5) is 5.69 Å². The molecule has 1 atom stereocenters. The Balaban J connectivity index is 1.94. The van der Waals surface area contributed by atoms with E-state index in [0.717, 1.165) is 10.7 Å². The Kier molecular flexibility index (Phi) is 8.85. The van der Waals surface area contributed by atoms with Crippen LogP contribution in [0.1, 0.15) is 32.8 Å². The second-order valence-corrected chi connectivity index (χ2v) is 10.6. The number of amides is 2. The number of ether oxygens (including phenoxy) is 2. The zero-order chi connectivity index (χ0) is 25.6. The Morgan fingerprint density at radius 3 is 2.51 bits per heavy atom. The third-order valence-electron chi connectivity index (χ3n) is 5.64. The summed E-state index contributed by atoms with van der Waals surface area (Å²) >= 11 is 6.32. The standard InChI is InChI=1S/C24H30ClN3O6S/c1-4-12-26-24(30)17(3)27(14-18-8-6-7-9-20(18)25)23(29)15-28(35(31,32)5-2)19-10-11-21-22(13-19)34-16-33-21/h6-11,13,17H,4-5,12,14-16H2,1-3H3,(H,26,30)/t17-/m1/s1. The molecule has 0 saturated carbocycles. The first-order chi connectivity index (χ1) is 16.7. The van der Waals surface area contributed by atoms with E-state index in [4.69, 9.17) is 21.1 Å². The van der Waals surface area contributed by atoms with Gasteiger partial charge in [-0.1, -0.05) is 36.7 Å². The quantitative estimate of drug-likeness (QED) is 0.485. The lowest BCUT2D eigenvalue weighted by Gasteiger charge is -2.32. The molecular weight excluding hydrogens is 494 g/mol. The number of nitrogens with zero attached hydrogens (tertiary/aromatic N) is 2. The van der Waals surface area contributed by atoms with E-state index in [0.29, 0.717) is 28.6 Å². The zero-order valence-corrected chi connectivity index (χ0v) is 21.6. The van der Waals surface area contributed by atoms with E-state index in [1.807, 2.05) is 6.92 Å². The number of carbonyl (C=O) groups excluding carboxylic acids is 2. The number of hydrogen-bond acceptors (Lipinski definition) is 6. The molecule has 190 valence electrons. The van der Waals surface area contributed by atoms with Crippen LogP contribution in [0.2, 0.25) is 5.02 Å². The van der Waals surface area contributed by atoms with Gasteiger partial charge < -0.3 is 19.7 Å². The highest BCUT2D eigenvalue weighted by Gasteiger charge is 2.32. The van der Waals surface area contributed by atoms with Gasteiger partial charge in [0.15, 0.2) is 11.5 Å². The molecule has 11 heteroatoms. The molecule has 0 radical (unpaired) electrons. The average Bonchev–Trinajstić information content (AvgIpc) is 3.32. The topological polar surface area (TPSA) is 105 Å². The number of hydrogen-bond donors (Lipinski definition) is 1. The summed E-state index contributed by atoms with van der Waals surface area (Å²) in [5.74, 6) is -0.202. The Hall–Kier alpha value is -2.98. The van der Waals surface area contributed by atoms with E-state index in [1.54, 1.807) is 43.3 Å². The van der Waals surface area contributed by atoms with Crippen molar-refractivity contribution in [3.63, 3.8) is 0 Å². The third-order valence-corrected chi connectivity index (χ3v) is 7.75. The number of rotatable bonds is 11. The number of benzene rings is 2. The lowest BCUT2D eigenvalue weighted by molar-refractivity contribution is -0.139. The molecule has 0 aliphatic carbocycles. The molecule has 2 amide bonds. The lowest BCUT2D eigenvalue weighted by atomic mass is 10.1. The number of sulfonamides is 1. The summed E-state index contributed by atoms with van der Waals surface area (Å²) < 4.78 is 37.7. The van der Waals surface area contributed by atoms with Crippen LogP contribution in [-0.4, -0.2) is 56.8 Å². The molecule has 9 nitrogen and oxygen atoms in total. The highest BCUT2D eigenvalue weighted by molar-refractivity contribution is 7.92. The fraction of sp³-hybridized carbons (Fsp3) is 0.417. The van der Waals surface area contributed by atoms with Crippen molar-refractivity contribution >= 4 is 39.1 Å². The molecule has 35 heavy (non-hydrogen) atoms. The van der Waals surface area contributed by atoms with E-state index in [-0.39, 0.29) is 30.7 Å². The number of anilines is 1. The lowest BCUT2D eigenvalue weighted by Crippen LogP contribution is -2.51. The van der Waals surface area contributed by atoms with Gasteiger partial charge in [0.25, 0.3) is 0 Å². The summed E-state index contributed by atoms with van der Waals surface area (Å²) in [6.45, 7) is 5.09. The molecule has 0 fully saturated rings. The largest absolute Gasteiger partial charge is 0.454 e. The minimum absolute atomic E-state index is 0.0360. The predicted octanol–water partition coefficient (Wildman–Crippen LogP) is 3.17. The molecule has 3 rings (SSSR count). The van der Waals surface area contributed by atoms with Crippen molar-refractivity contribution in [2.24, 2.45) is 0 Å². The second kappa shape index (κ2) is 11.6. The van der Waals surface area contributed by atoms with Gasteiger partial charge >= 0.3 is 0 Å². The zero-order valence-electron chi connectivity index (χ0n) is 20.0. The number of fused-ring (bicyclic) bond motifs is 1. The molecule has 0 aromatic heterocycles. The average molecular weight is 524 g/mol. The van der Waals surface area contributed by atoms with Crippen molar-refractivity contribution in [2.75, 3.05) is 29.9 Å². The van der Waals surface area contributed by atoms with Gasteiger partial charge in [-0.15, -0.1) is 0 Å². The number of carbonyl (C=O) groups is 2. The van der Waals surface area contributed by atoms with Crippen LogP contribution in [0.5, 0.6) is 11.5 Å². The third kappa shape index (κ3) is 6.37. The van der Waals surface area contributed by atoms with Crippen LogP contribution in [0.25, 0.3) is 0 Å². The predicted molar refractivity (Wildman–Crippen MR) is 134 cm³/mol. The van der Waals surface area contributed by atoms with E-state index < -0.39 is 28.5 Å². The molecule has 0 bridgehead atoms. The van der Waals surface area contributed by atoms with E-state index in [2.05, 4.69) is 5.32 Å². The summed E-state index contributed by atoms with van der Waals surface area (Å²) in [6.07, 6.45) is 0.740. The van der Waals surface area contributed by atoms with Crippen LogP contribution in [0.15, 0.2) is 42.5 Å². The molecule has 1 heterocycles. The molecule has 2 aromatic carbocycles. The first-order valence-corrected chi connectivity index (χ1v) is 13.4. The summed E-state index contributed by atoms with van der Waals surface area (Å²) in [7, 11) is -3.84. The maximum Gasteiger partial charge on any atom is 0.244 e. The number of halogens is 1. The molecule has 1 aliphatic heterocycles. The maximum atomic E-state index is 13.6. The monoisotopic (exact) mass is 523 g/mol. The molecule has 0 saturated heterocycles. The molecule has 0 unspecified atom stereocenters.